The predicted octanol–water partition coefficient (Wildman–Crippen LogP) is 2.98. The van der Waals surface area contributed by atoms with Gasteiger partial charge < -0.3 is 4.74 Å². The molecule has 0 spiro atoms. The molecule has 0 fully saturated rings. The zero-order valence-electron chi connectivity index (χ0n) is 15.4. The van der Waals surface area contributed by atoms with Gasteiger partial charge >= 0.3 is 0 Å². The molecule has 6 nitrogen and oxygen atoms in total. The molecule has 27 heavy (non-hydrogen) atoms. The molecule has 4 rings (SSSR count). The van der Waals surface area contributed by atoms with Gasteiger partial charge in [0, 0.05) is 6.04 Å². The van der Waals surface area contributed by atoms with E-state index in [1.807, 2.05) is 18.2 Å². The van der Waals surface area contributed by atoms with Crippen molar-refractivity contribution in [2.24, 2.45) is 0 Å². The van der Waals surface area contributed by atoms with E-state index >= 15 is 0 Å². The van der Waals surface area contributed by atoms with E-state index in [4.69, 9.17) is 11.2 Å². The topological polar surface area (TPSA) is 75.7 Å². The second-order valence-corrected chi connectivity index (χ2v) is 6.27. The standard InChI is InChI=1S/C19H19NO.C2H4N4/c1-2-12-20-19-11-8-16-13-17(9-10-18(16)19)21-14-15-6-4-3-5-7-15;1-2-3-5-6-4-2/h1,3-7,9-10,13,19-20H,8,11-12,14H2;1H3,(H,3,4,5,6). The molecule has 2 N–H and O–H groups in total. The van der Waals surface area contributed by atoms with Crippen LogP contribution in [0.5, 0.6) is 5.75 Å². The van der Waals surface area contributed by atoms with Crippen molar-refractivity contribution in [1.82, 2.24) is 25.9 Å². The molecule has 0 saturated carbocycles. The van der Waals surface area contributed by atoms with Crippen molar-refractivity contribution in [3.63, 3.8) is 0 Å². The second-order valence-electron chi connectivity index (χ2n) is 6.27. The van der Waals surface area contributed by atoms with Crippen LogP contribution in [0.25, 0.3) is 0 Å². The van der Waals surface area contributed by atoms with Gasteiger partial charge in [0.05, 0.1) is 6.54 Å². The van der Waals surface area contributed by atoms with Gasteiger partial charge in [0.2, 0.25) is 0 Å². The average Bonchev–Trinajstić information content (AvgIpc) is 3.34. The van der Waals surface area contributed by atoms with E-state index in [2.05, 4.69) is 62.2 Å². The summed E-state index contributed by atoms with van der Waals surface area (Å²) in [4.78, 5) is 0. The third-order valence-electron chi connectivity index (χ3n) is 4.34. The van der Waals surface area contributed by atoms with E-state index in [1.165, 1.54) is 16.7 Å². The Morgan fingerprint density at radius 3 is 2.78 bits per heavy atom. The van der Waals surface area contributed by atoms with Crippen LogP contribution in [0.15, 0.2) is 48.5 Å². The van der Waals surface area contributed by atoms with Crippen LogP contribution in [-0.4, -0.2) is 27.2 Å². The van der Waals surface area contributed by atoms with Crippen molar-refractivity contribution in [3.8, 4) is 18.1 Å². The molecule has 138 valence electrons. The van der Waals surface area contributed by atoms with Gasteiger partial charge in [0.1, 0.15) is 12.4 Å². The fourth-order valence-corrected chi connectivity index (χ4v) is 3.03. The van der Waals surface area contributed by atoms with Crippen LogP contribution in [0.2, 0.25) is 0 Å². The number of rotatable bonds is 5. The maximum Gasteiger partial charge on any atom is 0.171 e. The monoisotopic (exact) mass is 361 g/mol. The molecule has 0 saturated heterocycles. The summed E-state index contributed by atoms with van der Waals surface area (Å²) < 4.78 is 5.88. The first-order chi connectivity index (χ1) is 13.3. The van der Waals surface area contributed by atoms with Crippen LogP contribution in [0.4, 0.5) is 0 Å². The van der Waals surface area contributed by atoms with Crippen molar-refractivity contribution in [2.75, 3.05) is 6.54 Å². The molecule has 1 aliphatic carbocycles. The van der Waals surface area contributed by atoms with Crippen molar-refractivity contribution in [1.29, 1.82) is 0 Å². The van der Waals surface area contributed by atoms with E-state index in [0.29, 0.717) is 25.0 Å². The summed E-state index contributed by atoms with van der Waals surface area (Å²) in [5, 5.41) is 16.1. The summed E-state index contributed by atoms with van der Waals surface area (Å²) in [5.74, 6) is 4.26. The number of hydrogen-bond donors (Lipinski definition) is 2. The fourth-order valence-electron chi connectivity index (χ4n) is 3.03. The van der Waals surface area contributed by atoms with Gasteiger partial charge in [0.25, 0.3) is 0 Å². The molecule has 1 unspecified atom stereocenters. The summed E-state index contributed by atoms with van der Waals surface area (Å²) in [6.07, 6.45) is 7.51. The zero-order valence-corrected chi connectivity index (χ0v) is 15.4. The molecule has 1 atom stereocenters. The molecule has 2 aromatic carbocycles. The highest BCUT2D eigenvalue weighted by molar-refractivity contribution is 5.40. The Kier molecular flexibility index (Phi) is 6.55. The minimum atomic E-state index is 0.388. The van der Waals surface area contributed by atoms with Crippen LogP contribution in [-0.2, 0) is 13.0 Å². The summed E-state index contributed by atoms with van der Waals surface area (Å²) >= 11 is 0. The number of nitrogens with one attached hydrogen (secondary N) is 2. The molecule has 6 heteroatoms. The van der Waals surface area contributed by atoms with Crippen LogP contribution >= 0.6 is 0 Å². The first-order valence-electron chi connectivity index (χ1n) is 8.92. The number of fused-ring (bicyclic) bond motifs is 1. The van der Waals surface area contributed by atoms with Gasteiger partial charge in [-0.05, 0) is 48.6 Å². The Morgan fingerprint density at radius 2 is 2.11 bits per heavy atom. The number of aryl methyl sites for hydroxylation is 2. The Labute approximate surface area is 159 Å². The van der Waals surface area contributed by atoms with E-state index in [0.717, 1.165) is 18.6 Å². The minimum Gasteiger partial charge on any atom is -0.489 e. The normalized spacial score (nSPS) is 14.6. The van der Waals surface area contributed by atoms with Crippen molar-refractivity contribution in [2.45, 2.75) is 32.4 Å². The van der Waals surface area contributed by atoms with E-state index < -0.39 is 0 Å². The Hall–Kier alpha value is -3.17. The predicted molar refractivity (Wildman–Crippen MR) is 104 cm³/mol. The Bertz CT molecular complexity index is 871. The Balaban J connectivity index is 0.000000299. The van der Waals surface area contributed by atoms with Gasteiger partial charge in [-0.3, -0.25) is 5.32 Å². The lowest BCUT2D eigenvalue weighted by atomic mass is 10.1. The number of tetrazole rings is 1. The number of aromatic amines is 1. The molecule has 0 aliphatic heterocycles. The Morgan fingerprint density at radius 1 is 1.26 bits per heavy atom. The van der Waals surface area contributed by atoms with Gasteiger partial charge in [-0.25, -0.2) is 0 Å². The third kappa shape index (κ3) is 5.40. The molecule has 0 bridgehead atoms. The van der Waals surface area contributed by atoms with Gasteiger partial charge in [0.15, 0.2) is 5.82 Å². The average molecular weight is 361 g/mol. The van der Waals surface area contributed by atoms with Crippen LogP contribution in [0, 0.1) is 19.3 Å². The number of hydrogen-bond acceptors (Lipinski definition) is 5. The molecular weight excluding hydrogens is 338 g/mol. The van der Waals surface area contributed by atoms with Crippen LogP contribution in [0.3, 0.4) is 0 Å². The summed E-state index contributed by atoms with van der Waals surface area (Å²) in [5.41, 5.74) is 3.92. The first kappa shape index (κ1) is 18.6. The quantitative estimate of drug-likeness (QED) is 0.683. The second kappa shape index (κ2) is 9.51. The molecule has 0 amide bonds. The number of aromatic nitrogens is 4. The summed E-state index contributed by atoms with van der Waals surface area (Å²) in [6, 6.07) is 17.0. The molecule has 0 radical (unpaired) electrons. The lowest BCUT2D eigenvalue weighted by molar-refractivity contribution is 0.306. The molecular formula is C21H23N5O. The van der Waals surface area contributed by atoms with Crippen LogP contribution < -0.4 is 10.1 Å². The summed E-state index contributed by atoms with van der Waals surface area (Å²) in [7, 11) is 0. The maximum absolute atomic E-state index is 5.88. The molecule has 1 heterocycles. The third-order valence-corrected chi connectivity index (χ3v) is 4.34. The van der Waals surface area contributed by atoms with Crippen LogP contribution in [0.1, 0.15) is 35.0 Å². The van der Waals surface area contributed by atoms with Gasteiger partial charge in [-0.2, -0.15) is 5.21 Å². The highest BCUT2D eigenvalue weighted by atomic mass is 16.5. The molecule has 1 aliphatic rings. The zero-order chi connectivity index (χ0) is 18.9. The number of benzene rings is 2. The van der Waals surface area contributed by atoms with E-state index in [9.17, 15) is 0 Å². The number of nitrogens with zero attached hydrogens (tertiary/aromatic N) is 3. The highest BCUT2D eigenvalue weighted by Gasteiger charge is 2.21. The summed E-state index contributed by atoms with van der Waals surface area (Å²) in [6.45, 7) is 3.00. The maximum atomic E-state index is 5.88. The lowest BCUT2D eigenvalue weighted by Gasteiger charge is -2.13. The van der Waals surface area contributed by atoms with Gasteiger partial charge in [-0.1, -0.05) is 47.5 Å². The minimum absolute atomic E-state index is 0.388. The van der Waals surface area contributed by atoms with Crippen molar-refractivity contribution in [3.05, 3.63) is 71.0 Å². The van der Waals surface area contributed by atoms with Gasteiger partial charge in [-0.15, -0.1) is 16.6 Å². The fraction of sp³-hybridized carbons (Fsp3) is 0.286. The largest absolute Gasteiger partial charge is 0.489 e. The van der Waals surface area contributed by atoms with E-state index in [-0.39, 0.29) is 0 Å². The lowest BCUT2D eigenvalue weighted by Crippen LogP contribution is -2.19. The molecule has 1 aromatic heterocycles. The highest BCUT2D eigenvalue weighted by Crippen LogP contribution is 2.33. The number of H-pyrrole nitrogens is 1. The number of ether oxygens (including phenoxy) is 1. The molecule has 3 aromatic rings. The van der Waals surface area contributed by atoms with Crippen molar-refractivity contribution >= 4 is 0 Å². The smallest absolute Gasteiger partial charge is 0.171 e. The SMILES string of the molecule is C#CCNC1CCc2cc(OCc3ccccc3)ccc21.Cc1nn[nH]n1. The number of terminal acetylenes is 1. The van der Waals surface area contributed by atoms with Crippen molar-refractivity contribution < 1.29 is 4.74 Å². The first-order valence-corrected chi connectivity index (χ1v) is 8.92. The van der Waals surface area contributed by atoms with E-state index in [1.54, 1.807) is 6.92 Å².